The fourth-order valence-electron chi connectivity index (χ4n) is 4.26. The molecule has 1 fully saturated rings. The van der Waals surface area contributed by atoms with Crippen LogP contribution < -0.4 is 10.5 Å². The highest BCUT2D eigenvalue weighted by Crippen LogP contribution is 2.38. The van der Waals surface area contributed by atoms with Crippen molar-refractivity contribution in [2.75, 3.05) is 6.61 Å². The second-order valence-corrected chi connectivity index (χ2v) is 8.73. The van der Waals surface area contributed by atoms with E-state index in [2.05, 4.69) is 22.9 Å². The molecule has 0 spiro atoms. The molecule has 0 radical (unpaired) electrons. The number of rotatable bonds is 9. The van der Waals surface area contributed by atoms with Crippen molar-refractivity contribution in [2.24, 2.45) is 5.73 Å². The molecule has 0 atom stereocenters. The highest BCUT2D eigenvalue weighted by Gasteiger charge is 2.27. The number of nitrogens with one attached hydrogen (secondary N) is 1. The first-order valence-corrected chi connectivity index (χ1v) is 11.9. The summed E-state index contributed by atoms with van der Waals surface area (Å²) in [5, 5.41) is 13.7. The van der Waals surface area contributed by atoms with Crippen LogP contribution in [0.4, 0.5) is 0 Å². The Balaban J connectivity index is 1.47. The number of esters is 1. The molecule has 1 heterocycles. The van der Waals surface area contributed by atoms with Crippen molar-refractivity contribution in [2.45, 2.75) is 38.8 Å². The molecule has 7 heteroatoms. The van der Waals surface area contributed by atoms with Gasteiger partial charge in [-0.2, -0.15) is 5.10 Å². The van der Waals surface area contributed by atoms with Crippen LogP contribution >= 0.6 is 0 Å². The summed E-state index contributed by atoms with van der Waals surface area (Å²) < 4.78 is 13.4. The van der Waals surface area contributed by atoms with E-state index in [1.54, 1.807) is 6.92 Å². The number of carbonyl (C=O) groups excluding carboxylic acids is 1. The molecule has 178 valence electrons. The van der Waals surface area contributed by atoms with Gasteiger partial charge in [0.15, 0.2) is 0 Å². The van der Waals surface area contributed by atoms with Gasteiger partial charge in [0.2, 0.25) is 0 Å². The van der Waals surface area contributed by atoms with Crippen molar-refractivity contribution in [1.29, 1.82) is 5.41 Å². The van der Waals surface area contributed by atoms with Gasteiger partial charge in [-0.15, -0.1) is 0 Å². The third-order valence-corrected chi connectivity index (χ3v) is 6.16. The number of aromatic nitrogens is 2. The number of amidine groups is 1. The van der Waals surface area contributed by atoms with Crippen molar-refractivity contribution in [1.82, 2.24) is 9.78 Å². The third-order valence-electron chi connectivity index (χ3n) is 6.16. The Morgan fingerprint density at radius 1 is 1.09 bits per heavy atom. The molecule has 0 amide bonds. The van der Waals surface area contributed by atoms with Crippen molar-refractivity contribution in [3.8, 4) is 16.9 Å². The Morgan fingerprint density at radius 2 is 1.89 bits per heavy atom. The summed E-state index contributed by atoms with van der Waals surface area (Å²) in [6.45, 7) is 2.43. The molecule has 0 aliphatic heterocycles. The zero-order chi connectivity index (χ0) is 24.4. The summed E-state index contributed by atoms with van der Waals surface area (Å²) in [6.07, 6.45) is 2.42. The van der Waals surface area contributed by atoms with Gasteiger partial charge < -0.3 is 15.2 Å². The van der Waals surface area contributed by atoms with Crippen molar-refractivity contribution in [3.63, 3.8) is 0 Å². The average Bonchev–Trinajstić information content (AvgIpc) is 3.65. The highest BCUT2D eigenvalue weighted by molar-refractivity contribution is 5.96. The van der Waals surface area contributed by atoms with Crippen LogP contribution in [0.3, 0.4) is 0 Å². The Bertz CT molecular complexity index is 1400. The van der Waals surface area contributed by atoms with E-state index in [1.165, 1.54) is 0 Å². The lowest BCUT2D eigenvalue weighted by atomic mass is 10.0. The second kappa shape index (κ2) is 9.62. The van der Waals surface area contributed by atoms with E-state index in [0.29, 0.717) is 24.0 Å². The first kappa shape index (κ1) is 22.7. The second-order valence-electron chi connectivity index (χ2n) is 8.73. The molecule has 35 heavy (non-hydrogen) atoms. The summed E-state index contributed by atoms with van der Waals surface area (Å²) in [6, 6.07) is 22.0. The molecule has 3 N–H and O–H groups in total. The Kier molecular flexibility index (Phi) is 6.23. The number of nitrogen functional groups attached to an aromatic ring is 1. The Morgan fingerprint density at radius 3 is 2.66 bits per heavy atom. The van der Waals surface area contributed by atoms with E-state index < -0.39 is 0 Å². The largest absolute Gasteiger partial charge is 0.487 e. The molecule has 0 saturated heterocycles. The first-order valence-electron chi connectivity index (χ1n) is 11.9. The van der Waals surface area contributed by atoms with Crippen LogP contribution in [0.15, 0.2) is 66.7 Å². The maximum atomic E-state index is 12.0. The average molecular weight is 469 g/mol. The summed E-state index contributed by atoms with van der Waals surface area (Å²) in [5.41, 5.74) is 11.1. The van der Waals surface area contributed by atoms with Crippen LogP contribution in [0, 0.1) is 5.41 Å². The molecule has 3 aromatic carbocycles. The van der Waals surface area contributed by atoms with Gasteiger partial charge in [-0.1, -0.05) is 42.5 Å². The van der Waals surface area contributed by atoms with E-state index in [0.717, 1.165) is 46.1 Å². The third kappa shape index (κ3) is 4.89. The van der Waals surface area contributed by atoms with Crippen LogP contribution in [-0.4, -0.2) is 28.2 Å². The number of fused-ring (bicyclic) bond motifs is 1. The minimum Gasteiger partial charge on any atom is -0.487 e. The molecular formula is C28H28N4O3. The quantitative estimate of drug-likeness (QED) is 0.204. The minimum atomic E-state index is -0.274. The molecule has 0 unspecified atom stereocenters. The fraction of sp³-hybridized carbons (Fsp3) is 0.250. The molecule has 5 rings (SSSR count). The Hall–Kier alpha value is -4.13. The van der Waals surface area contributed by atoms with Gasteiger partial charge >= 0.3 is 5.97 Å². The predicted octanol–water partition coefficient (Wildman–Crippen LogP) is 5.01. The molecule has 1 saturated carbocycles. The minimum absolute atomic E-state index is 0.0463. The normalized spacial score (nSPS) is 13.1. The van der Waals surface area contributed by atoms with Crippen LogP contribution in [0.5, 0.6) is 5.75 Å². The molecule has 7 nitrogen and oxygen atoms in total. The lowest BCUT2D eigenvalue weighted by Gasteiger charge is -2.10. The summed E-state index contributed by atoms with van der Waals surface area (Å²) in [4.78, 5) is 12.0. The Labute approximate surface area is 204 Å². The SMILES string of the molecule is CCOC(=O)Cc1ccccc1OCc1nn(C2CC2)c2ccc(-c3cccc(C(=N)N)c3)cc12. The number of hydrogen-bond donors (Lipinski definition) is 2. The standard InChI is InChI=1S/C28H28N4O3/c1-2-34-27(33)16-20-6-3-4-9-26(20)35-17-24-23-15-19(18-7-5-8-21(14-18)28(29)30)10-13-25(23)32(31-24)22-11-12-22/h3-10,13-15,22H,2,11-12,16-17H2,1H3,(H3,29,30). The molecule has 1 aliphatic carbocycles. The van der Waals surface area contributed by atoms with Crippen LogP contribution in [0.1, 0.15) is 42.6 Å². The topological polar surface area (TPSA) is 103 Å². The molecule has 1 aromatic heterocycles. The fourth-order valence-corrected chi connectivity index (χ4v) is 4.26. The number of nitrogens with zero attached hydrogens (tertiary/aromatic N) is 2. The zero-order valence-electron chi connectivity index (χ0n) is 19.7. The van der Waals surface area contributed by atoms with E-state index in [-0.39, 0.29) is 24.8 Å². The van der Waals surface area contributed by atoms with Gasteiger partial charge in [0.05, 0.1) is 24.6 Å². The van der Waals surface area contributed by atoms with Crippen molar-refractivity contribution >= 4 is 22.7 Å². The maximum absolute atomic E-state index is 12.0. The lowest BCUT2D eigenvalue weighted by Crippen LogP contribution is -2.10. The highest BCUT2D eigenvalue weighted by atomic mass is 16.5. The van der Waals surface area contributed by atoms with Gasteiger partial charge in [0.1, 0.15) is 23.9 Å². The van der Waals surface area contributed by atoms with Crippen LogP contribution in [-0.2, 0) is 22.6 Å². The predicted molar refractivity (Wildman–Crippen MR) is 136 cm³/mol. The molecule has 0 bridgehead atoms. The summed E-state index contributed by atoms with van der Waals surface area (Å²) >= 11 is 0. The monoisotopic (exact) mass is 468 g/mol. The van der Waals surface area contributed by atoms with Gasteiger partial charge in [-0.3, -0.25) is 14.9 Å². The van der Waals surface area contributed by atoms with Crippen LogP contribution in [0.2, 0.25) is 0 Å². The van der Waals surface area contributed by atoms with Gasteiger partial charge in [-0.25, -0.2) is 0 Å². The molecule has 1 aliphatic rings. The van der Waals surface area contributed by atoms with Crippen LogP contribution in [0.25, 0.3) is 22.0 Å². The number of hydrogen-bond acceptors (Lipinski definition) is 5. The van der Waals surface area contributed by atoms with E-state index in [4.69, 9.17) is 25.7 Å². The maximum Gasteiger partial charge on any atom is 0.310 e. The molecular weight excluding hydrogens is 440 g/mol. The number of carbonyl (C=O) groups is 1. The van der Waals surface area contributed by atoms with Gasteiger partial charge in [0, 0.05) is 16.5 Å². The smallest absolute Gasteiger partial charge is 0.310 e. The van der Waals surface area contributed by atoms with Gasteiger partial charge in [-0.05, 0) is 55.2 Å². The number of benzene rings is 3. The van der Waals surface area contributed by atoms with Crippen molar-refractivity contribution in [3.05, 3.63) is 83.6 Å². The van der Waals surface area contributed by atoms with E-state index in [9.17, 15) is 4.79 Å². The number of nitrogens with two attached hydrogens (primary N) is 1. The zero-order valence-corrected chi connectivity index (χ0v) is 19.7. The number of ether oxygens (including phenoxy) is 2. The first-order chi connectivity index (χ1) is 17.0. The summed E-state index contributed by atoms with van der Waals surface area (Å²) in [5.74, 6) is 0.425. The van der Waals surface area contributed by atoms with E-state index >= 15 is 0 Å². The summed E-state index contributed by atoms with van der Waals surface area (Å²) in [7, 11) is 0. The molecule has 4 aromatic rings. The lowest BCUT2D eigenvalue weighted by molar-refractivity contribution is -0.142. The van der Waals surface area contributed by atoms with Crippen molar-refractivity contribution < 1.29 is 14.3 Å². The van der Waals surface area contributed by atoms with Gasteiger partial charge in [0.25, 0.3) is 0 Å². The van der Waals surface area contributed by atoms with E-state index in [1.807, 2.05) is 48.5 Å². The number of para-hydroxylation sites is 1.